The molecule has 1 saturated heterocycles. The average molecular weight is 518 g/mol. The van der Waals surface area contributed by atoms with E-state index >= 15 is 0 Å². The van der Waals surface area contributed by atoms with Gasteiger partial charge in [0.05, 0.1) is 11.4 Å². The summed E-state index contributed by atoms with van der Waals surface area (Å²) in [7, 11) is -4.07. The number of nitrogens with zero attached hydrogens (tertiary/aromatic N) is 3. The number of piperidine rings is 1. The van der Waals surface area contributed by atoms with Crippen LogP contribution in [0.25, 0.3) is 0 Å². The van der Waals surface area contributed by atoms with E-state index in [0.717, 1.165) is 17.1 Å². The predicted molar refractivity (Wildman–Crippen MR) is 123 cm³/mol. The van der Waals surface area contributed by atoms with Gasteiger partial charge in [-0.25, -0.2) is 18.2 Å². The second kappa shape index (κ2) is 10.4. The van der Waals surface area contributed by atoms with Crippen LogP contribution in [0.4, 0.5) is 0 Å². The molecule has 1 aliphatic rings. The monoisotopic (exact) mass is 517 g/mol. The summed E-state index contributed by atoms with van der Waals surface area (Å²) in [5.74, 6) is -1.90. The second-order valence-corrected chi connectivity index (χ2v) is 10.5. The highest BCUT2D eigenvalue weighted by Gasteiger charge is 2.37. The number of carboxylic acid groups (broad SMARTS) is 2. The van der Waals surface area contributed by atoms with Crippen LogP contribution in [0, 0.1) is 0 Å². The summed E-state index contributed by atoms with van der Waals surface area (Å²) in [5.41, 5.74) is 0.325. The van der Waals surface area contributed by atoms with Crippen LogP contribution in [0.5, 0.6) is 0 Å². The zero-order chi connectivity index (χ0) is 24.3. The number of carbonyl (C=O) groups is 2. The van der Waals surface area contributed by atoms with Gasteiger partial charge < -0.3 is 14.8 Å². The van der Waals surface area contributed by atoms with Gasteiger partial charge in [0.1, 0.15) is 11.9 Å². The van der Waals surface area contributed by atoms with E-state index in [9.17, 15) is 28.2 Å². The number of carboxylic acids is 2. The van der Waals surface area contributed by atoms with E-state index in [1.807, 2.05) is 6.92 Å². The Morgan fingerprint density at radius 1 is 1.21 bits per heavy atom. The normalized spacial score (nSPS) is 17.2. The van der Waals surface area contributed by atoms with Crippen molar-refractivity contribution >= 4 is 45.2 Å². The fourth-order valence-corrected chi connectivity index (χ4v) is 6.19. The first-order chi connectivity index (χ1) is 15.6. The van der Waals surface area contributed by atoms with Crippen LogP contribution in [-0.2, 0) is 27.8 Å². The summed E-state index contributed by atoms with van der Waals surface area (Å²) < 4.78 is 28.8. The number of aromatic carboxylic acids is 1. The molecule has 0 spiro atoms. The van der Waals surface area contributed by atoms with Crippen molar-refractivity contribution in [1.29, 1.82) is 0 Å². The number of sulfonamides is 1. The number of aliphatic carboxylic acids is 1. The molecule has 1 aromatic carbocycles. The molecule has 1 atom stereocenters. The molecule has 33 heavy (non-hydrogen) atoms. The third kappa shape index (κ3) is 5.34. The molecule has 1 aliphatic heterocycles. The third-order valence-electron chi connectivity index (χ3n) is 5.66. The number of benzene rings is 1. The molecular formula is C21H25Cl2N3O6S. The number of imidazole rings is 1. The van der Waals surface area contributed by atoms with Crippen LogP contribution < -0.4 is 0 Å². The molecule has 0 bridgehead atoms. The van der Waals surface area contributed by atoms with Gasteiger partial charge in [0, 0.05) is 18.0 Å². The largest absolute Gasteiger partial charge is 0.480 e. The predicted octanol–water partition coefficient (Wildman–Crippen LogP) is 3.91. The number of aromatic nitrogens is 2. The Balaban J connectivity index is 1.95. The zero-order valence-electron chi connectivity index (χ0n) is 18.0. The summed E-state index contributed by atoms with van der Waals surface area (Å²) in [6, 6.07) is 3.01. The molecule has 2 heterocycles. The number of halogens is 2. The van der Waals surface area contributed by atoms with Crippen LogP contribution in [0.15, 0.2) is 23.1 Å². The maximum Gasteiger partial charge on any atom is 0.355 e. The Morgan fingerprint density at radius 2 is 1.94 bits per heavy atom. The SMILES string of the molecule is CCCCc1nc(Cl)c(C(=O)O)n1Cc1ccc(S(=O)(=O)N2CCCCC2C(=O)O)cc1Cl. The summed E-state index contributed by atoms with van der Waals surface area (Å²) in [6.45, 7) is 2.16. The average Bonchev–Trinajstić information content (AvgIpc) is 3.08. The van der Waals surface area contributed by atoms with Gasteiger partial charge in [-0.15, -0.1) is 0 Å². The van der Waals surface area contributed by atoms with E-state index in [1.54, 1.807) is 0 Å². The topological polar surface area (TPSA) is 130 Å². The maximum absolute atomic E-state index is 13.1. The van der Waals surface area contributed by atoms with Gasteiger partial charge >= 0.3 is 11.9 Å². The first kappa shape index (κ1) is 25.5. The molecule has 1 unspecified atom stereocenters. The Morgan fingerprint density at radius 3 is 2.55 bits per heavy atom. The van der Waals surface area contributed by atoms with Crippen molar-refractivity contribution in [2.45, 2.75) is 62.9 Å². The Labute approximate surface area is 202 Å². The molecule has 0 amide bonds. The lowest BCUT2D eigenvalue weighted by atomic mass is 10.1. The maximum atomic E-state index is 13.1. The molecule has 2 N–H and O–H groups in total. The van der Waals surface area contributed by atoms with Crippen molar-refractivity contribution < 1.29 is 28.2 Å². The van der Waals surface area contributed by atoms with Gasteiger partial charge in [0.25, 0.3) is 0 Å². The summed E-state index contributed by atoms with van der Waals surface area (Å²) in [4.78, 5) is 27.4. The number of unbranched alkanes of at least 4 members (excludes halogenated alkanes) is 1. The van der Waals surface area contributed by atoms with E-state index in [1.165, 1.54) is 22.8 Å². The first-order valence-corrected chi connectivity index (χ1v) is 12.8. The lowest BCUT2D eigenvalue weighted by molar-refractivity contribution is -0.142. The van der Waals surface area contributed by atoms with Crippen LogP contribution in [0.3, 0.4) is 0 Å². The van der Waals surface area contributed by atoms with Crippen LogP contribution in [0.1, 0.15) is 60.9 Å². The Hall–Kier alpha value is -2.14. The lowest BCUT2D eigenvalue weighted by Crippen LogP contribution is -2.47. The highest BCUT2D eigenvalue weighted by Crippen LogP contribution is 2.30. The molecule has 180 valence electrons. The number of rotatable bonds is 9. The van der Waals surface area contributed by atoms with Crippen LogP contribution in [-0.4, -0.2) is 57.0 Å². The Bertz CT molecular complexity index is 1160. The fraction of sp³-hybridized carbons (Fsp3) is 0.476. The molecule has 0 radical (unpaired) electrons. The molecule has 3 rings (SSSR count). The van der Waals surface area contributed by atoms with Gasteiger partial charge in [-0.05, 0) is 43.4 Å². The van der Waals surface area contributed by atoms with Crippen molar-refractivity contribution in [3.8, 4) is 0 Å². The van der Waals surface area contributed by atoms with Gasteiger partial charge in [0.2, 0.25) is 10.0 Å². The number of aryl methyl sites for hydroxylation is 1. The van der Waals surface area contributed by atoms with E-state index in [-0.39, 0.29) is 40.3 Å². The summed E-state index contributed by atoms with van der Waals surface area (Å²) in [6.07, 6.45) is 3.67. The van der Waals surface area contributed by atoms with Crippen molar-refractivity contribution in [2.24, 2.45) is 0 Å². The number of hydrogen-bond acceptors (Lipinski definition) is 5. The first-order valence-electron chi connectivity index (χ1n) is 10.6. The lowest BCUT2D eigenvalue weighted by Gasteiger charge is -2.31. The Kier molecular flexibility index (Phi) is 8.04. The van der Waals surface area contributed by atoms with Gasteiger partial charge in [0.15, 0.2) is 10.8 Å². The molecule has 0 aliphatic carbocycles. The fourth-order valence-electron chi connectivity index (χ4n) is 3.93. The van der Waals surface area contributed by atoms with Crippen molar-refractivity contribution in [2.75, 3.05) is 6.54 Å². The minimum atomic E-state index is -4.07. The van der Waals surface area contributed by atoms with Gasteiger partial charge in [-0.1, -0.05) is 42.6 Å². The molecule has 12 heteroatoms. The second-order valence-electron chi connectivity index (χ2n) is 7.88. The van der Waals surface area contributed by atoms with Crippen LogP contribution >= 0.6 is 23.2 Å². The van der Waals surface area contributed by atoms with Gasteiger partial charge in [-0.2, -0.15) is 4.31 Å². The molecule has 1 aromatic heterocycles. The quantitative estimate of drug-likeness (QED) is 0.515. The minimum Gasteiger partial charge on any atom is -0.480 e. The van der Waals surface area contributed by atoms with Crippen molar-refractivity contribution in [1.82, 2.24) is 13.9 Å². The smallest absolute Gasteiger partial charge is 0.355 e. The van der Waals surface area contributed by atoms with E-state index in [0.29, 0.717) is 30.7 Å². The van der Waals surface area contributed by atoms with Crippen LogP contribution in [0.2, 0.25) is 10.2 Å². The van der Waals surface area contributed by atoms with E-state index in [4.69, 9.17) is 23.2 Å². The van der Waals surface area contributed by atoms with Crippen molar-refractivity contribution in [3.05, 3.63) is 45.5 Å². The van der Waals surface area contributed by atoms with Crippen molar-refractivity contribution in [3.63, 3.8) is 0 Å². The molecule has 1 fully saturated rings. The molecule has 2 aromatic rings. The highest BCUT2D eigenvalue weighted by molar-refractivity contribution is 7.89. The summed E-state index contributed by atoms with van der Waals surface area (Å²) >= 11 is 12.5. The third-order valence-corrected chi connectivity index (χ3v) is 8.18. The molecule has 0 saturated carbocycles. The zero-order valence-corrected chi connectivity index (χ0v) is 20.3. The van der Waals surface area contributed by atoms with E-state index in [2.05, 4.69) is 4.98 Å². The molecular weight excluding hydrogens is 493 g/mol. The molecule has 9 nitrogen and oxygen atoms in total. The number of hydrogen-bond donors (Lipinski definition) is 2. The minimum absolute atomic E-state index is 0.0427. The highest BCUT2D eigenvalue weighted by atomic mass is 35.5. The standard InChI is InChI=1S/C21H25Cl2N3O6S/c1-2-3-7-17-24-19(23)18(21(29)30)25(17)12-13-8-9-14(11-15(13)22)33(31,32)26-10-5-4-6-16(26)20(27)28/h8-9,11,16H,2-7,10,12H2,1H3,(H,27,28)(H,29,30). The van der Waals surface area contributed by atoms with E-state index < -0.39 is 28.0 Å². The summed E-state index contributed by atoms with van der Waals surface area (Å²) in [5, 5.41) is 19.0. The van der Waals surface area contributed by atoms with Gasteiger partial charge in [-0.3, -0.25) is 4.79 Å².